The Bertz CT molecular complexity index is 1540. The van der Waals surface area contributed by atoms with Gasteiger partial charge in [-0.3, -0.25) is 19.3 Å². The normalized spacial score (nSPS) is 15.0. The number of methoxy groups -OCH3 is 1. The predicted molar refractivity (Wildman–Crippen MR) is 183 cm³/mol. The van der Waals surface area contributed by atoms with E-state index >= 15 is 0 Å². The molecule has 49 heavy (non-hydrogen) atoms. The molecule has 11 heteroatoms. The first kappa shape index (κ1) is 37.1. The Morgan fingerprint density at radius 1 is 0.878 bits per heavy atom. The van der Waals surface area contributed by atoms with Gasteiger partial charge in [-0.2, -0.15) is 0 Å². The molecule has 0 aromatic heterocycles. The molecule has 10 nitrogen and oxygen atoms in total. The van der Waals surface area contributed by atoms with Crippen LogP contribution in [0.2, 0.25) is 0 Å². The Morgan fingerprint density at radius 2 is 1.47 bits per heavy atom. The van der Waals surface area contributed by atoms with Crippen molar-refractivity contribution >= 4 is 23.9 Å². The third-order valence-corrected chi connectivity index (χ3v) is 8.54. The molecular formula is C38H47FN4O6. The lowest BCUT2D eigenvalue weighted by molar-refractivity contribution is -0.154. The minimum absolute atomic E-state index is 0.0404. The first-order chi connectivity index (χ1) is 23.4. The molecule has 3 aromatic carbocycles. The number of esters is 1. The lowest BCUT2D eigenvalue weighted by Gasteiger charge is -2.48. The molecule has 0 bridgehead atoms. The average molecular weight is 675 g/mol. The molecule has 1 saturated heterocycles. The smallest absolute Gasteiger partial charge is 0.408 e. The van der Waals surface area contributed by atoms with Gasteiger partial charge in [-0.15, -0.1) is 0 Å². The van der Waals surface area contributed by atoms with Crippen molar-refractivity contribution in [2.75, 3.05) is 20.2 Å². The number of alkyl carbamates (subject to hydrolysis) is 1. The number of hydrogen-bond acceptors (Lipinski definition) is 7. The summed E-state index contributed by atoms with van der Waals surface area (Å²) in [5.41, 5.74) is 0.434. The molecule has 0 radical (unpaired) electrons. The summed E-state index contributed by atoms with van der Waals surface area (Å²) in [4.78, 5) is 58.3. The Morgan fingerprint density at radius 3 is 2.04 bits per heavy atom. The summed E-state index contributed by atoms with van der Waals surface area (Å²) < 4.78 is 24.3. The Balaban J connectivity index is 1.72. The summed E-state index contributed by atoms with van der Waals surface area (Å²) in [6.45, 7) is 7.00. The second-order valence-electron chi connectivity index (χ2n) is 13.3. The van der Waals surface area contributed by atoms with E-state index in [1.165, 1.54) is 24.1 Å². The van der Waals surface area contributed by atoms with Crippen molar-refractivity contribution < 1.29 is 33.0 Å². The molecule has 0 spiro atoms. The molecule has 0 saturated carbocycles. The van der Waals surface area contributed by atoms with E-state index in [1.54, 1.807) is 32.9 Å². The third kappa shape index (κ3) is 10.9. The van der Waals surface area contributed by atoms with Crippen LogP contribution >= 0.6 is 0 Å². The van der Waals surface area contributed by atoms with Gasteiger partial charge < -0.3 is 25.0 Å². The van der Waals surface area contributed by atoms with Crippen molar-refractivity contribution in [3.05, 3.63) is 107 Å². The van der Waals surface area contributed by atoms with E-state index in [2.05, 4.69) is 15.5 Å². The maximum atomic E-state index is 14.8. The number of likely N-dealkylation sites (tertiary alicyclic amines) is 1. The summed E-state index contributed by atoms with van der Waals surface area (Å²) in [7, 11) is 1.25. The zero-order valence-electron chi connectivity index (χ0n) is 28.7. The zero-order chi connectivity index (χ0) is 35.4. The fourth-order valence-electron chi connectivity index (χ4n) is 5.96. The van der Waals surface area contributed by atoms with Crippen molar-refractivity contribution in [3.8, 4) is 0 Å². The highest BCUT2D eigenvalue weighted by molar-refractivity contribution is 5.94. The summed E-state index contributed by atoms with van der Waals surface area (Å²) in [6.07, 6.45) is -0.497. The van der Waals surface area contributed by atoms with E-state index in [0.29, 0.717) is 38.0 Å². The van der Waals surface area contributed by atoms with Crippen molar-refractivity contribution in [1.29, 1.82) is 0 Å². The van der Waals surface area contributed by atoms with Gasteiger partial charge in [-0.05, 0) is 68.9 Å². The number of rotatable bonds is 13. The van der Waals surface area contributed by atoms with E-state index < -0.39 is 41.0 Å². The van der Waals surface area contributed by atoms with Crippen LogP contribution in [0.3, 0.4) is 0 Å². The number of nitrogens with zero attached hydrogens (tertiary/aromatic N) is 2. The van der Waals surface area contributed by atoms with Crippen molar-refractivity contribution in [2.45, 2.75) is 83.3 Å². The van der Waals surface area contributed by atoms with E-state index in [9.17, 15) is 23.6 Å². The number of ether oxygens (including phenoxy) is 2. The molecule has 3 aromatic rings. The van der Waals surface area contributed by atoms with Crippen LogP contribution < -0.4 is 10.6 Å². The first-order valence-electron chi connectivity index (χ1n) is 16.6. The quantitative estimate of drug-likeness (QED) is 0.235. The largest absolute Gasteiger partial charge is 0.469 e. The van der Waals surface area contributed by atoms with Crippen LogP contribution in [-0.4, -0.2) is 71.1 Å². The average Bonchev–Trinajstić information content (AvgIpc) is 3.09. The summed E-state index contributed by atoms with van der Waals surface area (Å²) in [5.74, 6) is -1.90. The van der Waals surface area contributed by atoms with Gasteiger partial charge in [0.1, 0.15) is 23.0 Å². The highest BCUT2D eigenvalue weighted by atomic mass is 19.1. The maximum Gasteiger partial charge on any atom is 0.408 e. The van der Waals surface area contributed by atoms with Gasteiger partial charge in [0.05, 0.1) is 7.11 Å². The van der Waals surface area contributed by atoms with Gasteiger partial charge in [0.2, 0.25) is 11.8 Å². The minimum Gasteiger partial charge on any atom is -0.469 e. The molecule has 0 unspecified atom stereocenters. The number of benzene rings is 3. The Hall–Kier alpha value is -4.77. The molecular weight excluding hydrogens is 627 g/mol. The van der Waals surface area contributed by atoms with Crippen LogP contribution in [0.5, 0.6) is 0 Å². The second-order valence-corrected chi connectivity index (χ2v) is 13.3. The van der Waals surface area contributed by atoms with Gasteiger partial charge in [0, 0.05) is 39.1 Å². The van der Waals surface area contributed by atoms with E-state index in [1.807, 2.05) is 60.7 Å². The van der Waals surface area contributed by atoms with Crippen LogP contribution in [0.25, 0.3) is 0 Å². The zero-order valence-corrected chi connectivity index (χ0v) is 28.7. The SMILES string of the molecule is COC(=O)CC[C@H](NC(=O)OC(C)(C)C)C(=O)N(Cc1ccc(F)cc1)C1(C(=O)NCc2ccccc2)CCN(Cc2ccccc2)CC1. The lowest BCUT2D eigenvalue weighted by atomic mass is 9.83. The van der Waals surface area contributed by atoms with Gasteiger partial charge in [-0.25, -0.2) is 9.18 Å². The van der Waals surface area contributed by atoms with Crippen LogP contribution in [-0.2, 0) is 43.5 Å². The molecule has 1 atom stereocenters. The third-order valence-electron chi connectivity index (χ3n) is 8.54. The van der Waals surface area contributed by atoms with Gasteiger partial charge >= 0.3 is 12.1 Å². The fourth-order valence-corrected chi connectivity index (χ4v) is 5.96. The molecule has 262 valence electrons. The Kier molecular flexibility index (Phi) is 12.9. The van der Waals surface area contributed by atoms with Crippen LogP contribution in [0.15, 0.2) is 84.9 Å². The molecule has 2 N–H and O–H groups in total. The summed E-state index contributed by atoms with van der Waals surface area (Å²) >= 11 is 0. The number of hydrogen-bond donors (Lipinski definition) is 2. The standard InChI is InChI=1S/C38H47FN4O6/c1-37(2,3)49-36(47)41-32(19-20-33(44)48-4)34(45)43(27-30-15-17-31(39)18-16-30)38(35(46)40-25-28-11-7-5-8-12-28)21-23-42(24-22-38)26-29-13-9-6-10-14-29/h5-18,32H,19-27H2,1-4H3,(H,40,46)(H,41,47)/t32-/m0/s1. The van der Waals surface area contributed by atoms with E-state index in [-0.39, 0.29) is 31.8 Å². The molecule has 1 fully saturated rings. The number of carbonyl (C=O) groups excluding carboxylic acids is 4. The van der Waals surface area contributed by atoms with Crippen molar-refractivity contribution in [1.82, 2.24) is 20.4 Å². The van der Waals surface area contributed by atoms with E-state index in [4.69, 9.17) is 9.47 Å². The van der Waals surface area contributed by atoms with Crippen molar-refractivity contribution in [3.63, 3.8) is 0 Å². The molecule has 0 aliphatic carbocycles. The molecule has 1 aliphatic rings. The summed E-state index contributed by atoms with van der Waals surface area (Å²) in [6, 6.07) is 24.0. The first-order valence-corrected chi connectivity index (χ1v) is 16.6. The highest BCUT2D eigenvalue weighted by Crippen LogP contribution is 2.33. The number of halogens is 1. The highest BCUT2D eigenvalue weighted by Gasteiger charge is 2.49. The minimum atomic E-state index is -1.34. The van der Waals surface area contributed by atoms with Crippen LogP contribution in [0.4, 0.5) is 9.18 Å². The van der Waals surface area contributed by atoms with Crippen LogP contribution in [0.1, 0.15) is 63.1 Å². The molecule has 1 aliphatic heterocycles. The molecule has 1 heterocycles. The van der Waals surface area contributed by atoms with Crippen molar-refractivity contribution in [2.24, 2.45) is 0 Å². The van der Waals surface area contributed by atoms with Gasteiger partial charge in [0.15, 0.2) is 0 Å². The predicted octanol–water partition coefficient (Wildman–Crippen LogP) is 5.35. The lowest BCUT2D eigenvalue weighted by Crippen LogP contribution is -2.66. The van der Waals surface area contributed by atoms with Crippen LogP contribution in [0, 0.1) is 5.82 Å². The van der Waals surface area contributed by atoms with E-state index in [0.717, 1.165) is 11.1 Å². The summed E-state index contributed by atoms with van der Waals surface area (Å²) in [5, 5.41) is 5.74. The maximum absolute atomic E-state index is 14.8. The molecule has 3 amide bonds. The monoisotopic (exact) mass is 674 g/mol. The second kappa shape index (κ2) is 17.1. The number of carbonyl (C=O) groups is 4. The Labute approximate surface area is 287 Å². The van der Waals surface area contributed by atoms with Gasteiger partial charge in [-0.1, -0.05) is 72.8 Å². The fraction of sp³-hybridized carbons (Fsp3) is 0.421. The van der Waals surface area contributed by atoms with Gasteiger partial charge in [0.25, 0.3) is 0 Å². The number of amides is 3. The number of piperidine rings is 1. The topological polar surface area (TPSA) is 117 Å². The molecule has 4 rings (SSSR count). The number of nitrogens with one attached hydrogen (secondary N) is 2.